The van der Waals surface area contributed by atoms with Crippen LogP contribution < -0.4 is 15.4 Å². The fourth-order valence-electron chi connectivity index (χ4n) is 2.77. The highest BCUT2D eigenvalue weighted by Gasteiger charge is 2.45. The van der Waals surface area contributed by atoms with Crippen molar-refractivity contribution in [1.82, 2.24) is 5.32 Å². The van der Waals surface area contributed by atoms with E-state index < -0.39 is 5.97 Å². The molecule has 2 aromatic carbocycles. The minimum Gasteiger partial charge on any atom is -0.497 e. The average molecular weight is 340 g/mol. The number of methoxy groups -OCH3 is 2. The van der Waals surface area contributed by atoms with Gasteiger partial charge in [-0.1, -0.05) is 24.3 Å². The molecule has 6 nitrogen and oxygen atoms in total. The zero-order chi connectivity index (χ0) is 17.9. The first-order valence-corrected chi connectivity index (χ1v) is 7.99. The molecule has 0 radical (unpaired) electrons. The van der Waals surface area contributed by atoms with Gasteiger partial charge in [0, 0.05) is 0 Å². The highest BCUT2D eigenvalue weighted by Crippen LogP contribution is 2.45. The summed E-state index contributed by atoms with van der Waals surface area (Å²) < 4.78 is 9.91. The lowest BCUT2D eigenvalue weighted by Crippen LogP contribution is -2.38. The van der Waals surface area contributed by atoms with Gasteiger partial charge in [-0.25, -0.2) is 9.59 Å². The molecule has 2 amide bonds. The minimum atomic E-state index is -0.493. The smallest absolute Gasteiger partial charge is 0.339 e. The van der Waals surface area contributed by atoms with Crippen LogP contribution in [0.5, 0.6) is 5.75 Å². The summed E-state index contributed by atoms with van der Waals surface area (Å²) in [5, 5.41) is 5.75. The average Bonchev–Trinajstić information content (AvgIpc) is 3.42. The van der Waals surface area contributed by atoms with E-state index in [4.69, 9.17) is 9.47 Å². The number of nitrogens with one attached hydrogen (secondary N) is 2. The molecule has 0 unspecified atom stereocenters. The minimum absolute atomic E-state index is 0.314. The number of anilines is 1. The Balaban J connectivity index is 1.71. The molecule has 25 heavy (non-hydrogen) atoms. The summed E-state index contributed by atoms with van der Waals surface area (Å²) in [7, 11) is 2.93. The molecule has 0 aromatic heterocycles. The number of benzene rings is 2. The number of hydrogen-bond donors (Lipinski definition) is 2. The van der Waals surface area contributed by atoms with E-state index in [9.17, 15) is 9.59 Å². The molecule has 6 heteroatoms. The van der Waals surface area contributed by atoms with Crippen molar-refractivity contribution in [2.45, 2.75) is 18.4 Å². The van der Waals surface area contributed by atoms with Crippen molar-refractivity contribution >= 4 is 17.7 Å². The van der Waals surface area contributed by atoms with Gasteiger partial charge >= 0.3 is 12.0 Å². The van der Waals surface area contributed by atoms with Crippen LogP contribution in [0.3, 0.4) is 0 Å². The zero-order valence-electron chi connectivity index (χ0n) is 14.2. The van der Waals surface area contributed by atoms with Gasteiger partial charge in [0.2, 0.25) is 0 Å². The molecule has 130 valence electrons. The van der Waals surface area contributed by atoms with Crippen molar-refractivity contribution < 1.29 is 19.1 Å². The van der Waals surface area contributed by atoms with Crippen LogP contribution in [0.2, 0.25) is 0 Å². The zero-order valence-corrected chi connectivity index (χ0v) is 14.2. The van der Waals surface area contributed by atoms with Gasteiger partial charge in [-0.05, 0) is 42.7 Å². The van der Waals surface area contributed by atoms with E-state index in [2.05, 4.69) is 10.6 Å². The van der Waals surface area contributed by atoms with Crippen LogP contribution in [0.1, 0.15) is 28.8 Å². The summed E-state index contributed by atoms with van der Waals surface area (Å²) in [6.07, 6.45) is 1.73. The lowest BCUT2D eigenvalue weighted by molar-refractivity contribution is 0.0602. The Bertz CT molecular complexity index is 782. The predicted molar refractivity (Wildman–Crippen MR) is 93.8 cm³/mol. The second-order valence-corrected chi connectivity index (χ2v) is 5.93. The van der Waals surface area contributed by atoms with Gasteiger partial charge < -0.3 is 20.1 Å². The van der Waals surface area contributed by atoms with Crippen LogP contribution >= 0.6 is 0 Å². The van der Waals surface area contributed by atoms with E-state index in [0.29, 0.717) is 11.3 Å². The number of ether oxygens (including phenoxy) is 2. The molecule has 2 aromatic rings. The van der Waals surface area contributed by atoms with E-state index in [0.717, 1.165) is 24.2 Å². The maximum absolute atomic E-state index is 12.4. The molecule has 1 aliphatic rings. The van der Waals surface area contributed by atoms with Crippen molar-refractivity contribution in [3.63, 3.8) is 0 Å². The number of carbonyl (C=O) groups is 2. The third kappa shape index (κ3) is 3.57. The van der Waals surface area contributed by atoms with Crippen LogP contribution in [-0.4, -0.2) is 26.2 Å². The van der Waals surface area contributed by atoms with E-state index in [1.165, 1.54) is 7.11 Å². The molecule has 2 N–H and O–H groups in total. The lowest BCUT2D eigenvalue weighted by atomic mass is 10.1. The Hall–Kier alpha value is -3.02. The van der Waals surface area contributed by atoms with Gasteiger partial charge in [0.25, 0.3) is 0 Å². The molecule has 0 spiro atoms. The fraction of sp³-hybridized carbons (Fsp3) is 0.263. The largest absolute Gasteiger partial charge is 0.497 e. The second-order valence-electron chi connectivity index (χ2n) is 5.93. The van der Waals surface area contributed by atoms with Crippen LogP contribution in [0.15, 0.2) is 48.5 Å². The van der Waals surface area contributed by atoms with Crippen LogP contribution in [-0.2, 0) is 10.3 Å². The predicted octanol–water partition coefficient (Wildman–Crippen LogP) is 3.29. The summed E-state index contributed by atoms with van der Waals surface area (Å²) >= 11 is 0. The van der Waals surface area contributed by atoms with Gasteiger partial charge in [0.1, 0.15) is 5.75 Å². The van der Waals surface area contributed by atoms with Crippen LogP contribution in [0.4, 0.5) is 10.5 Å². The number of para-hydroxylation sites is 1. The molecule has 1 fully saturated rings. The molecule has 0 aliphatic heterocycles. The molecule has 3 rings (SSSR count). The topological polar surface area (TPSA) is 76.7 Å². The maximum Gasteiger partial charge on any atom is 0.339 e. The number of amides is 2. The lowest BCUT2D eigenvalue weighted by Gasteiger charge is -2.19. The molecule has 0 heterocycles. The van der Waals surface area contributed by atoms with E-state index in [-0.39, 0.29) is 11.6 Å². The van der Waals surface area contributed by atoms with Crippen molar-refractivity contribution in [3.8, 4) is 5.75 Å². The maximum atomic E-state index is 12.4. The van der Waals surface area contributed by atoms with Crippen molar-refractivity contribution in [3.05, 3.63) is 59.7 Å². The summed E-state index contributed by atoms with van der Waals surface area (Å²) in [6, 6.07) is 14.0. The fourth-order valence-corrected chi connectivity index (χ4v) is 2.77. The SMILES string of the molecule is COC(=O)c1ccccc1NC(=O)NC1(c2ccc(OC)cc2)CC1. The number of esters is 1. The molecular weight excluding hydrogens is 320 g/mol. The second kappa shape index (κ2) is 6.84. The Kier molecular flexibility index (Phi) is 4.61. The number of urea groups is 1. The Morgan fingerprint density at radius 1 is 1.00 bits per heavy atom. The molecule has 0 atom stereocenters. The normalized spacial score (nSPS) is 14.3. The van der Waals surface area contributed by atoms with E-state index >= 15 is 0 Å². The van der Waals surface area contributed by atoms with E-state index in [1.807, 2.05) is 24.3 Å². The third-order valence-electron chi connectivity index (χ3n) is 4.33. The highest BCUT2D eigenvalue weighted by molar-refractivity contribution is 6.01. The third-order valence-corrected chi connectivity index (χ3v) is 4.33. The van der Waals surface area contributed by atoms with Crippen molar-refractivity contribution in [2.24, 2.45) is 0 Å². The van der Waals surface area contributed by atoms with Crippen molar-refractivity contribution in [2.75, 3.05) is 19.5 Å². The first-order chi connectivity index (χ1) is 12.1. The monoisotopic (exact) mass is 340 g/mol. The Labute approximate surface area is 146 Å². The van der Waals surface area contributed by atoms with Crippen molar-refractivity contribution in [1.29, 1.82) is 0 Å². The summed E-state index contributed by atoms with van der Waals surface area (Å²) in [6.45, 7) is 0. The van der Waals surface area contributed by atoms with Gasteiger partial charge in [-0.3, -0.25) is 0 Å². The number of hydrogen-bond acceptors (Lipinski definition) is 4. The molecule has 0 saturated heterocycles. The Morgan fingerprint density at radius 2 is 1.68 bits per heavy atom. The molecule has 1 saturated carbocycles. The Morgan fingerprint density at radius 3 is 2.28 bits per heavy atom. The van der Waals surface area contributed by atoms with E-state index in [1.54, 1.807) is 31.4 Å². The molecule has 1 aliphatic carbocycles. The number of rotatable bonds is 5. The summed E-state index contributed by atoms with van der Waals surface area (Å²) in [5.74, 6) is 0.281. The van der Waals surface area contributed by atoms with Gasteiger partial charge in [0.05, 0.1) is 31.0 Å². The first-order valence-electron chi connectivity index (χ1n) is 7.99. The summed E-state index contributed by atoms with van der Waals surface area (Å²) in [5.41, 5.74) is 1.40. The van der Waals surface area contributed by atoms with Crippen LogP contribution in [0.25, 0.3) is 0 Å². The van der Waals surface area contributed by atoms with Gasteiger partial charge in [-0.15, -0.1) is 0 Å². The van der Waals surface area contributed by atoms with Crippen LogP contribution in [0, 0.1) is 0 Å². The molecule has 0 bridgehead atoms. The summed E-state index contributed by atoms with van der Waals surface area (Å²) in [4.78, 5) is 24.2. The first kappa shape index (κ1) is 16.8. The standard InChI is InChI=1S/C19H20N2O4/c1-24-14-9-7-13(8-10-14)19(11-12-19)21-18(23)20-16-6-4-3-5-15(16)17(22)25-2/h3-10H,11-12H2,1-2H3,(H2,20,21,23). The highest BCUT2D eigenvalue weighted by atomic mass is 16.5. The van der Waals surface area contributed by atoms with Gasteiger partial charge in [-0.2, -0.15) is 0 Å². The molecular formula is C19H20N2O4. The quantitative estimate of drug-likeness (QED) is 0.819. The van der Waals surface area contributed by atoms with Gasteiger partial charge in [0.15, 0.2) is 0 Å². The number of carbonyl (C=O) groups excluding carboxylic acids is 2.